The van der Waals surface area contributed by atoms with Crippen LogP contribution in [0.4, 0.5) is 0 Å². The number of hydrogen-bond donors (Lipinski definition) is 1. The molecule has 122 valence electrons. The number of amides is 1. The van der Waals surface area contributed by atoms with E-state index >= 15 is 0 Å². The topological polar surface area (TPSA) is 67.4 Å². The van der Waals surface area contributed by atoms with Crippen LogP contribution in [0, 0.1) is 0 Å². The van der Waals surface area contributed by atoms with Crippen LogP contribution in [0.25, 0.3) is 11.0 Å². The van der Waals surface area contributed by atoms with Gasteiger partial charge < -0.3 is 15.0 Å². The van der Waals surface area contributed by atoms with Gasteiger partial charge in [-0.2, -0.15) is 0 Å². The molecule has 6 nitrogen and oxygen atoms in total. The Morgan fingerprint density at radius 3 is 2.74 bits per heavy atom. The molecular formula is C17H22N4O2. The van der Waals surface area contributed by atoms with E-state index in [9.17, 15) is 4.79 Å². The normalized spacial score (nSPS) is 17.3. The number of hydrogen-bond acceptors (Lipinski definition) is 5. The van der Waals surface area contributed by atoms with Crippen LogP contribution in [0.2, 0.25) is 0 Å². The summed E-state index contributed by atoms with van der Waals surface area (Å²) in [5.74, 6) is -0.108. The maximum absolute atomic E-state index is 12.6. The zero-order valence-corrected chi connectivity index (χ0v) is 13.6. The van der Waals surface area contributed by atoms with Crippen molar-refractivity contribution in [3.8, 4) is 0 Å². The van der Waals surface area contributed by atoms with Gasteiger partial charge in [0.25, 0.3) is 5.91 Å². The number of para-hydroxylation sites is 1. The van der Waals surface area contributed by atoms with Crippen molar-refractivity contribution in [3.05, 3.63) is 36.2 Å². The number of benzene rings is 1. The van der Waals surface area contributed by atoms with E-state index in [-0.39, 0.29) is 11.4 Å². The first kappa shape index (κ1) is 15.8. The van der Waals surface area contributed by atoms with Crippen LogP contribution in [0.1, 0.15) is 23.2 Å². The molecule has 2 heterocycles. The summed E-state index contributed by atoms with van der Waals surface area (Å²) in [4.78, 5) is 23.4. The summed E-state index contributed by atoms with van der Waals surface area (Å²) in [7, 11) is 4.11. The highest BCUT2D eigenvalue weighted by Crippen LogP contribution is 2.25. The van der Waals surface area contributed by atoms with Gasteiger partial charge in [0.15, 0.2) is 0 Å². The highest BCUT2D eigenvalue weighted by atomic mass is 16.5. The lowest BCUT2D eigenvalue weighted by Crippen LogP contribution is -2.55. The third kappa shape index (κ3) is 3.18. The smallest absolute Gasteiger partial charge is 0.253 e. The fourth-order valence-corrected chi connectivity index (χ4v) is 3.05. The van der Waals surface area contributed by atoms with Crippen molar-refractivity contribution in [1.29, 1.82) is 0 Å². The summed E-state index contributed by atoms with van der Waals surface area (Å²) in [5.41, 5.74) is 1.88. The maximum Gasteiger partial charge on any atom is 0.253 e. The van der Waals surface area contributed by atoms with Crippen LogP contribution in [0.15, 0.2) is 30.6 Å². The van der Waals surface area contributed by atoms with Gasteiger partial charge in [-0.25, -0.2) is 0 Å². The Hall–Kier alpha value is -2.05. The van der Waals surface area contributed by atoms with Crippen molar-refractivity contribution in [2.24, 2.45) is 0 Å². The highest BCUT2D eigenvalue weighted by Gasteiger charge is 2.35. The Balaban J connectivity index is 1.78. The van der Waals surface area contributed by atoms with Gasteiger partial charge in [-0.05, 0) is 39.1 Å². The van der Waals surface area contributed by atoms with Crippen LogP contribution >= 0.6 is 0 Å². The van der Waals surface area contributed by atoms with Gasteiger partial charge in [0.1, 0.15) is 5.52 Å². The minimum Gasteiger partial charge on any atom is -0.381 e. The molecule has 1 aromatic carbocycles. The van der Waals surface area contributed by atoms with Gasteiger partial charge in [-0.1, -0.05) is 6.07 Å². The average molecular weight is 314 g/mol. The van der Waals surface area contributed by atoms with E-state index < -0.39 is 0 Å². The molecule has 1 aliphatic rings. The Morgan fingerprint density at radius 2 is 2.00 bits per heavy atom. The second-order valence-corrected chi connectivity index (χ2v) is 6.14. The molecule has 23 heavy (non-hydrogen) atoms. The minimum absolute atomic E-state index is 0.0514. The largest absolute Gasteiger partial charge is 0.381 e. The molecule has 0 unspecified atom stereocenters. The molecule has 1 N–H and O–H groups in total. The Bertz CT molecular complexity index is 691. The summed E-state index contributed by atoms with van der Waals surface area (Å²) in [6, 6.07) is 5.49. The number of nitrogens with one attached hydrogen (secondary N) is 1. The molecule has 0 aliphatic carbocycles. The number of ether oxygens (including phenoxy) is 1. The summed E-state index contributed by atoms with van der Waals surface area (Å²) < 4.78 is 5.47. The third-order valence-electron chi connectivity index (χ3n) is 4.69. The van der Waals surface area contributed by atoms with Crippen molar-refractivity contribution in [3.63, 3.8) is 0 Å². The zero-order valence-electron chi connectivity index (χ0n) is 13.6. The van der Waals surface area contributed by atoms with E-state index in [1.54, 1.807) is 18.5 Å². The number of likely N-dealkylation sites (N-methyl/N-ethyl adjacent to an activating group) is 1. The lowest BCUT2D eigenvalue weighted by molar-refractivity contribution is -0.00657. The predicted molar refractivity (Wildman–Crippen MR) is 88.3 cm³/mol. The van der Waals surface area contributed by atoms with Gasteiger partial charge >= 0.3 is 0 Å². The lowest BCUT2D eigenvalue weighted by atomic mass is 9.88. The molecule has 1 aliphatic heterocycles. The molecule has 0 atom stereocenters. The lowest BCUT2D eigenvalue weighted by Gasteiger charge is -2.42. The van der Waals surface area contributed by atoms with E-state index in [2.05, 4.69) is 34.3 Å². The van der Waals surface area contributed by atoms with Crippen LogP contribution in [0.5, 0.6) is 0 Å². The van der Waals surface area contributed by atoms with Crippen molar-refractivity contribution >= 4 is 16.9 Å². The number of aromatic nitrogens is 2. The molecular weight excluding hydrogens is 292 g/mol. The summed E-state index contributed by atoms with van der Waals surface area (Å²) >= 11 is 0. The molecule has 1 amide bonds. The molecule has 2 aromatic rings. The quantitative estimate of drug-likeness (QED) is 0.925. The van der Waals surface area contributed by atoms with Crippen molar-refractivity contribution < 1.29 is 9.53 Å². The van der Waals surface area contributed by atoms with E-state index in [0.29, 0.717) is 17.6 Å². The van der Waals surface area contributed by atoms with Crippen molar-refractivity contribution in [2.45, 2.75) is 18.4 Å². The number of rotatable bonds is 4. The van der Waals surface area contributed by atoms with Gasteiger partial charge in [-0.3, -0.25) is 14.8 Å². The first-order valence-corrected chi connectivity index (χ1v) is 7.85. The van der Waals surface area contributed by atoms with E-state index in [1.807, 2.05) is 12.1 Å². The SMILES string of the molecule is CN(C)C1(CNC(=O)c2cccc3nccnc23)CCOCC1. The predicted octanol–water partition coefficient (Wildman–Crippen LogP) is 1.47. The van der Waals surface area contributed by atoms with Crippen LogP contribution in [-0.4, -0.2) is 60.2 Å². The Kier molecular flexibility index (Phi) is 4.54. The molecule has 0 radical (unpaired) electrons. The minimum atomic E-state index is -0.108. The molecule has 0 spiro atoms. The first-order chi connectivity index (χ1) is 11.1. The van der Waals surface area contributed by atoms with Crippen molar-refractivity contribution in [2.75, 3.05) is 33.9 Å². The molecule has 0 saturated carbocycles. The zero-order chi connectivity index (χ0) is 16.3. The van der Waals surface area contributed by atoms with Crippen molar-refractivity contribution in [1.82, 2.24) is 20.2 Å². The van der Waals surface area contributed by atoms with E-state index in [0.717, 1.165) is 31.6 Å². The third-order valence-corrected chi connectivity index (χ3v) is 4.69. The maximum atomic E-state index is 12.6. The summed E-state index contributed by atoms with van der Waals surface area (Å²) in [5, 5.41) is 3.08. The Morgan fingerprint density at radius 1 is 1.26 bits per heavy atom. The molecule has 1 saturated heterocycles. The second kappa shape index (κ2) is 6.60. The van der Waals surface area contributed by atoms with Crippen LogP contribution in [0.3, 0.4) is 0 Å². The monoisotopic (exact) mass is 314 g/mol. The number of nitrogens with zero attached hydrogens (tertiary/aromatic N) is 3. The number of carbonyl (C=O) groups excluding carboxylic acids is 1. The van der Waals surface area contributed by atoms with Gasteiger partial charge in [0, 0.05) is 37.7 Å². The van der Waals surface area contributed by atoms with Crippen LogP contribution in [-0.2, 0) is 4.74 Å². The molecule has 1 fully saturated rings. The second-order valence-electron chi connectivity index (χ2n) is 6.14. The van der Waals surface area contributed by atoms with E-state index in [1.165, 1.54) is 0 Å². The van der Waals surface area contributed by atoms with Crippen LogP contribution < -0.4 is 5.32 Å². The standard InChI is InChI=1S/C17H22N4O2/c1-21(2)17(6-10-23-11-7-17)12-20-16(22)13-4-3-5-14-15(13)19-9-8-18-14/h3-5,8-9H,6-7,10-12H2,1-2H3,(H,20,22). The molecule has 3 rings (SSSR count). The number of fused-ring (bicyclic) bond motifs is 1. The van der Waals surface area contributed by atoms with Gasteiger partial charge in [0.2, 0.25) is 0 Å². The fraction of sp³-hybridized carbons (Fsp3) is 0.471. The van der Waals surface area contributed by atoms with Gasteiger partial charge in [-0.15, -0.1) is 0 Å². The van der Waals surface area contributed by atoms with Gasteiger partial charge in [0.05, 0.1) is 11.1 Å². The molecule has 0 bridgehead atoms. The Labute approximate surface area is 135 Å². The average Bonchev–Trinajstić information content (AvgIpc) is 2.60. The number of carbonyl (C=O) groups is 1. The summed E-state index contributed by atoms with van der Waals surface area (Å²) in [6.07, 6.45) is 5.07. The fourth-order valence-electron chi connectivity index (χ4n) is 3.05. The first-order valence-electron chi connectivity index (χ1n) is 7.85. The molecule has 6 heteroatoms. The van der Waals surface area contributed by atoms with E-state index in [4.69, 9.17) is 4.74 Å². The molecule has 1 aromatic heterocycles. The summed E-state index contributed by atoms with van der Waals surface area (Å²) in [6.45, 7) is 2.06. The highest BCUT2D eigenvalue weighted by molar-refractivity contribution is 6.04.